The molecule has 0 aromatic heterocycles. The van der Waals surface area contributed by atoms with Crippen LogP contribution in [0.15, 0.2) is 18.2 Å². The van der Waals surface area contributed by atoms with Gasteiger partial charge in [-0.2, -0.15) is 0 Å². The van der Waals surface area contributed by atoms with Crippen LogP contribution in [-0.4, -0.2) is 37.2 Å². The van der Waals surface area contributed by atoms with Crippen LogP contribution in [0.2, 0.25) is 0 Å². The third-order valence-electron chi connectivity index (χ3n) is 4.32. The summed E-state index contributed by atoms with van der Waals surface area (Å²) in [6, 6.07) is 4.08. The fraction of sp³-hybridized carbons (Fsp3) is 0.571. The Kier molecular flexibility index (Phi) is 3.69. The highest BCUT2D eigenvalue weighted by Crippen LogP contribution is 2.33. The summed E-state index contributed by atoms with van der Waals surface area (Å²) in [5.74, 6) is -0.678. The minimum absolute atomic E-state index is 0.0329. The van der Waals surface area contributed by atoms with Crippen molar-refractivity contribution in [2.24, 2.45) is 0 Å². The van der Waals surface area contributed by atoms with Crippen molar-refractivity contribution in [1.82, 2.24) is 5.32 Å². The molecule has 0 bridgehead atoms. The van der Waals surface area contributed by atoms with Crippen LogP contribution < -0.4 is 5.32 Å². The number of nitrogens with one attached hydrogen (secondary N) is 1. The molecule has 1 fully saturated rings. The van der Waals surface area contributed by atoms with Crippen LogP contribution in [0.5, 0.6) is 0 Å². The Labute approximate surface area is 107 Å². The van der Waals surface area contributed by atoms with Crippen LogP contribution in [0, 0.1) is 11.6 Å². The zero-order chi connectivity index (χ0) is 13.3. The molecule has 100 valence electrons. The second-order valence-electron chi connectivity index (χ2n) is 5.55. The maximum atomic E-state index is 14.0. The molecule has 1 aromatic carbocycles. The Morgan fingerprint density at radius 1 is 1.33 bits per heavy atom. The van der Waals surface area contributed by atoms with Gasteiger partial charge in [0.1, 0.15) is 17.7 Å². The SMILES string of the molecule is CC(C)[N+]1(C)CCNCC1c1cc(F)ccc1F. The number of benzene rings is 1. The lowest BCUT2D eigenvalue weighted by Gasteiger charge is -2.48. The molecule has 1 aromatic rings. The number of piperazine rings is 1. The van der Waals surface area contributed by atoms with Crippen molar-refractivity contribution in [3.8, 4) is 0 Å². The number of hydrogen-bond donors (Lipinski definition) is 1. The van der Waals surface area contributed by atoms with Gasteiger partial charge in [-0.25, -0.2) is 8.78 Å². The third-order valence-corrected chi connectivity index (χ3v) is 4.32. The summed E-state index contributed by atoms with van der Waals surface area (Å²) in [4.78, 5) is 0. The van der Waals surface area contributed by atoms with Gasteiger partial charge in [-0.3, -0.25) is 0 Å². The monoisotopic (exact) mass is 255 g/mol. The summed E-state index contributed by atoms with van der Waals surface area (Å²) in [5.41, 5.74) is 0.485. The summed E-state index contributed by atoms with van der Waals surface area (Å²) in [7, 11) is 2.13. The van der Waals surface area contributed by atoms with Gasteiger partial charge in [-0.05, 0) is 32.0 Å². The highest BCUT2D eigenvalue weighted by atomic mass is 19.1. The van der Waals surface area contributed by atoms with Gasteiger partial charge in [-0.15, -0.1) is 0 Å². The molecule has 1 N–H and O–H groups in total. The molecule has 0 aliphatic carbocycles. The van der Waals surface area contributed by atoms with E-state index < -0.39 is 0 Å². The van der Waals surface area contributed by atoms with Crippen LogP contribution in [0.4, 0.5) is 8.78 Å². The topological polar surface area (TPSA) is 12.0 Å². The molecule has 1 aliphatic rings. The fourth-order valence-electron chi connectivity index (χ4n) is 2.74. The Hall–Kier alpha value is -1.00. The van der Waals surface area contributed by atoms with E-state index in [1.54, 1.807) is 0 Å². The lowest BCUT2D eigenvalue weighted by atomic mass is 9.98. The lowest BCUT2D eigenvalue weighted by molar-refractivity contribution is -0.960. The first-order valence-corrected chi connectivity index (χ1v) is 6.45. The van der Waals surface area contributed by atoms with Crippen molar-refractivity contribution >= 4 is 0 Å². The van der Waals surface area contributed by atoms with Crippen LogP contribution in [0.3, 0.4) is 0 Å². The summed E-state index contributed by atoms with van der Waals surface area (Å²) >= 11 is 0. The van der Waals surface area contributed by atoms with Crippen molar-refractivity contribution in [2.45, 2.75) is 25.9 Å². The van der Waals surface area contributed by atoms with E-state index in [1.807, 2.05) is 0 Å². The van der Waals surface area contributed by atoms with Gasteiger partial charge in [0.2, 0.25) is 0 Å². The van der Waals surface area contributed by atoms with E-state index in [0.29, 0.717) is 18.2 Å². The standard InChI is InChI=1S/C14H21F2N2/c1-10(2)18(3)7-6-17-9-14(18)12-8-11(15)4-5-13(12)16/h4-5,8,10,14,17H,6-7,9H2,1-3H3/q+1. The van der Waals surface area contributed by atoms with Crippen molar-refractivity contribution in [2.75, 3.05) is 26.7 Å². The predicted octanol–water partition coefficient (Wildman–Crippen LogP) is 2.46. The predicted molar refractivity (Wildman–Crippen MR) is 68.2 cm³/mol. The van der Waals surface area contributed by atoms with Crippen LogP contribution in [0.25, 0.3) is 0 Å². The number of quaternary nitrogens is 1. The van der Waals surface area contributed by atoms with Gasteiger partial charge >= 0.3 is 0 Å². The average Bonchev–Trinajstić information content (AvgIpc) is 2.33. The van der Waals surface area contributed by atoms with E-state index in [9.17, 15) is 8.78 Å². The molecule has 0 amide bonds. The van der Waals surface area contributed by atoms with Crippen molar-refractivity contribution in [1.29, 1.82) is 0 Å². The molecule has 1 aliphatic heterocycles. The Morgan fingerprint density at radius 2 is 2.06 bits per heavy atom. The molecule has 1 heterocycles. The first-order valence-electron chi connectivity index (χ1n) is 6.45. The molecule has 18 heavy (non-hydrogen) atoms. The normalized spacial score (nSPS) is 28.7. The average molecular weight is 255 g/mol. The first kappa shape index (κ1) is 13.4. The number of halogens is 2. The molecule has 0 saturated carbocycles. The second kappa shape index (κ2) is 4.94. The zero-order valence-corrected chi connectivity index (χ0v) is 11.2. The van der Waals surface area contributed by atoms with Gasteiger partial charge in [0.05, 0.1) is 26.2 Å². The van der Waals surface area contributed by atoms with E-state index in [2.05, 4.69) is 26.2 Å². The van der Waals surface area contributed by atoms with E-state index in [4.69, 9.17) is 0 Å². The fourth-order valence-corrected chi connectivity index (χ4v) is 2.74. The number of likely N-dealkylation sites (N-methyl/N-ethyl adjacent to an activating group) is 1. The van der Waals surface area contributed by atoms with Crippen LogP contribution >= 0.6 is 0 Å². The largest absolute Gasteiger partial charge is 0.316 e. The summed E-state index contributed by atoms with van der Waals surface area (Å²) in [5, 5.41) is 3.29. The van der Waals surface area contributed by atoms with Gasteiger partial charge < -0.3 is 9.80 Å². The quantitative estimate of drug-likeness (QED) is 0.801. The molecule has 4 heteroatoms. The Balaban J connectivity index is 2.43. The Bertz CT molecular complexity index is 434. The highest BCUT2D eigenvalue weighted by Gasteiger charge is 2.40. The van der Waals surface area contributed by atoms with Crippen LogP contribution in [-0.2, 0) is 0 Å². The van der Waals surface area contributed by atoms with Gasteiger partial charge in [0.25, 0.3) is 0 Å². The maximum Gasteiger partial charge on any atom is 0.132 e. The van der Waals surface area contributed by atoms with E-state index in [1.165, 1.54) is 18.2 Å². The van der Waals surface area contributed by atoms with Crippen LogP contribution in [0.1, 0.15) is 25.5 Å². The summed E-state index contributed by atoms with van der Waals surface area (Å²) < 4.78 is 28.1. The van der Waals surface area contributed by atoms with E-state index >= 15 is 0 Å². The molecule has 2 nitrogen and oxygen atoms in total. The molecule has 0 spiro atoms. The molecular weight excluding hydrogens is 234 g/mol. The first-order chi connectivity index (χ1) is 8.45. The van der Waals surface area contributed by atoms with Gasteiger partial charge in [-0.1, -0.05) is 0 Å². The van der Waals surface area contributed by atoms with Gasteiger partial charge in [0, 0.05) is 12.1 Å². The number of nitrogens with zero attached hydrogens (tertiary/aromatic N) is 1. The van der Waals surface area contributed by atoms with Crippen molar-refractivity contribution in [3.05, 3.63) is 35.4 Å². The van der Waals surface area contributed by atoms with E-state index in [-0.39, 0.29) is 17.7 Å². The lowest BCUT2D eigenvalue weighted by Crippen LogP contribution is -2.61. The second-order valence-corrected chi connectivity index (χ2v) is 5.55. The minimum Gasteiger partial charge on any atom is -0.316 e. The molecule has 0 radical (unpaired) electrons. The van der Waals surface area contributed by atoms with Crippen molar-refractivity contribution < 1.29 is 13.3 Å². The Morgan fingerprint density at radius 3 is 2.72 bits per heavy atom. The smallest absolute Gasteiger partial charge is 0.132 e. The van der Waals surface area contributed by atoms with Crippen molar-refractivity contribution in [3.63, 3.8) is 0 Å². The van der Waals surface area contributed by atoms with Gasteiger partial charge in [0.15, 0.2) is 0 Å². The number of hydrogen-bond acceptors (Lipinski definition) is 1. The highest BCUT2D eigenvalue weighted by molar-refractivity contribution is 5.22. The summed E-state index contributed by atoms with van der Waals surface area (Å²) in [6.45, 7) is 6.81. The molecule has 2 atom stereocenters. The zero-order valence-electron chi connectivity index (χ0n) is 11.2. The molecule has 1 saturated heterocycles. The molecule has 2 unspecified atom stereocenters. The maximum absolute atomic E-state index is 14.0. The third kappa shape index (κ3) is 2.27. The minimum atomic E-state index is -0.368. The summed E-state index contributed by atoms with van der Waals surface area (Å²) in [6.07, 6.45) is 0. The molecular formula is C14H21F2N2+. The molecule has 2 rings (SSSR count). The van der Waals surface area contributed by atoms with E-state index in [0.717, 1.165) is 17.6 Å². The number of rotatable bonds is 2.